The van der Waals surface area contributed by atoms with E-state index in [2.05, 4.69) is 5.32 Å². The number of nitrogens with one attached hydrogen (secondary N) is 1. The fourth-order valence-corrected chi connectivity index (χ4v) is 3.08. The molecule has 0 aromatic heterocycles. The summed E-state index contributed by atoms with van der Waals surface area (Å²) in [5.41, 5.74) is 3.05. The molecule has 2 unspecified atom stereocenters. The Morgan fingerprint density at radius 2 is 1.74 bits per heavy atom. The van der Waals surface area contributed by atoms with E-state index in [1.54, 1.807) is 25.1 Å². The second-order valence-corrected chi connectivity index (χ2v) is 7.96. The lowest BCUT2D eigenvalue weighted by Gasteiger charge is -2.21. The zero-order valence-corrected chi connectivity index (χ0v) is 14.5. The van der Waals surface area contributed by atoms with Crippen molar-refractivity contribution in [3.05, 3.63) is 65.2 Å². The standard InChI is InChI=1S/C18H23NO3S/c1-13-7-9-15(10-8-13)18(19-12-14(2)20)16-5-4-6-17(11-16)23(3,21)22/h4-11,14,18-20H,12H2,1-3H3. The lowest BCUT2D eigenvalue weighted by molar-refractivity contribution is 0.188. The monoisotopic (exact) mass is 333 g/mol. The van der Waals surface area contributed by atoms with Crippen LogP contribution in [0.15, 0.2) is 53.4 Å². The summed E-state index contributed by atoms with van der Waals surface area (Å²) in [6.07, 6.45) is 0.719. The minimum Gasteiger partial charge on any atom is -0.392 e. The van der Waals surface area contributed by atoms with Crippen molar-refractivity contribution < 1.29 is 13.5 Å². The molecule has 0 aliphatic rings. The van der Waals surface area contributed by atoms with E-state index in [4.69, 9.17) is 0 Å². The van der Waals surface area contributed by atoms with Crippen LogP contribution in [0, 0.1) is 6.92 Å². The van der Waals surface area contributed by atoms with E-state index in [0.717, 1.165) is 16.7 Å². The van der Waals surface area contributed by atoms with Crippen molar-refractivity contribution in [1.29, 1.82) is 0 Å². The van der Waals surface area contributed by atoms with Crippen LogP contribution in [-0.2, 0) is 9.84 Å². The molecule has 0 radical (unpaired) electrons. The van der Waals surface area contributed by atoms with Gasteiger partial charge in [-0.3, -0.25) is 0 Å². The highest BCUT2D eigenvalue weighted by molar-refractivity contribution is 7.90. The molecule has 0 aliphatic carbocycles. The predicted molar refractivity (Wildman–Crippen MR) is 92.3 cm³/mol. The molecule has 0 spiro atoms. The Labute approximate surface area is 138 Å². The summed E-state index contributed by atoms with van der Waals surface area (Å²) in [5.74, 6) is 0. The summed E-state index contributed by atoms with van der Waals surface area (Å²) < 4.78 is 23.6. The molecule has 2 aromatic rings. The first-order chi connectivity index (χ1) is 10.8. The van der Waals surface area contributed by atoms with Crippen LogP contribution in [0.25, 0.3) is 0 Å². The molecule has 124 valence electrons. The highest BCUT2D eigenvalue weighted by Crippen LogP contribution is 2.24. The third kappa shape index (κ3) is 4.89. The smallest absolute Gasteiger partial charge is 0.175 e. The van der Waals surface area contributed by atoms with E-state index >= 15 is 0 Å². The summed E-state index contributed by atoms with van der Waals surface area (Å²) in [5, 5.41) is 12.9. The second-order valence-electron chi connectivity index (χ2n) is 5.95. The third-order valence-corrected chi connectivity index (χ3v) is 4.76. The van der Waals surface area contributed by atoms with Crippen LogP contribution in [-0.4, -0.2) is 32.4 Å². The van der Waals surface area contributed by atoms with Crippen LogP contribution in [0.2, 0.25) is 0 Å². The van der Waals surface area contributed by atoms with Gasteiger partial charge in [-0.15, -0.1) is 0 Å². The van der Waals surface area contributed by atoms with Gasteiger partial charge in [-0.05, 0) is 37.1 Å². The molecule has 0 amide bonds. The van der Waals surface area contributed by atoms with E-state index < -0.39 is 15.9 Å². The molecule has 0 fully saturated rings. The molecule has 2 N–H and O–H groups in total. The fourth-order valence-electron chi connectivity index (χ4n) is 2.40. The summed E-state index contributed by atoms with van der Waals surface area (Å²) in [7, 11) is -3.26. The van der Waals surface area contributed by atoms with Crippen molar-refractivity contribution in [2.45, 2.75) is 30.9 Å². The molecule has 23 heavy (non-hydrogen) atoms. The average Bonchev–Trinajstić information content (AvgIpc) is 2.48. The highest BCUT2D eigenvalue weighted by Gasteiger charge is 2.17. The maximum absolute atomic E-state index is 11.8. The third-order valence-electron chi connectivity index (χ3n) is 3.65. The first-order valence-corrected chi connectivity index (χ1v) is 9.44. The molecule has 2 atom stereocenters. The van der Waals surface area contributed by atoms with Gasteiger partial charge in [0, 0.05) is 12.8 Å². The summed E-state index contributed by atoms with van der Waals surface area (Å²) in [6.45, 7) is 4.15. The van der Waals surface area contributed by atoms with Gasteiger partial charge in [-0.1, -0.05) is 42.0 Å². The molecule has 2 aromatic carbocycles. The van der Waals surface area contributed by atoms with E-state index in [9.17, 15) is 13.5 Å². The number of benzene rings is 2. The molecule has 2 rings (SSSR count). The minimum absolute atomic E-state index is 0.174. The van der Waals surface area contributed by atoms with Crippen LogP contribution in [0.5, 0.6) is 0 Å². The lowest BCUT2D eigenvalue weighted by atomic mass is 9.97. The molecular formula is C18H23NO3S. The molecule has 4 nitrogen and oxygen atoms in total. The normalized spacial score (nSPS) is 14.4. The SMILES string of the molecule is Cc1ccc(C(NCC(C)O)c2cccc(S(C)(=O)=O)c2)cc1. The number of hydrogen-bond donors (Lipinski definition) is 2. The lowest BCUT2D eigenvalue weighted by Crippen LogP contribution is -2.29. The number of aliphatic hydroxyl groups excluding tert-OH is 1. The molecule has 0 heterocycles. The summed E-state index contributed by atoms with van der Waals surface area (Å²) in [6, 6.07) is 14.8. The summed E-state index contributed by atoms with van der Waals surface area (Å²) >= 11 is 0. The first kappa shape index (κ1) is 17.7. The molecule has 5 heteroatoms. The summed E-state index contributed by atoms with van der Waals surface area (Å²) in [4.78, 5) is 0.297. The number of hydrogen-bond acceptors (Lipinski definition) is 4. The van der Waals surface area contributed by atoms with Crippen LogP contribution < -0.4 is 5.32 Å². The topological polar surface area (TPSA) is 66.4 Å². The maximum Gasteiger partial charge on any atom is 0.175 e. The van der Waals surface area contributed by atoms with Crippen molar-refractivity contribution in [1.82, 2.24) is 5.32 Å². The predicted octanol–water partition coefficient (Wildman–Crippen LogP) is 2.46. The Morgan fingerprint density at radius 1 is 1.09 bits per heavy atom. The molecule has 0 bridgehead atoms. The molecule has 0 saturated carbocycles. The van der Waals surface area contributed by atoms with Gasteiger partial charge in [0.05, 0.1) is 17.0 Å². The molecular weight excluding hydrogens is 310 g/mol. The van der Waals surface area contributed by atoms with Crippen LogP contribution >= 0.6 is 0 Å². The van der Waals surface area contributed by atoms with Gasteiger partial charge in [-0.2, -0.15) is 0 Å². The van der Waals surface area contributed by atoms with Gasteiger partial charge in [0.2, 0.25) is 0 Å². The van der Waals surface area contributed by atoms with E-state index in [1.807, 2.05) is 37.3 Å². The fraction of sp³-hybridized carbons (Fsp3) is 0.333. The largest absolute Gasteiger partial charge is 0.392 e. The van der Waals surface area contributed by atoms with Gasteiger partial charge in [0.1, 0.15) is 0 Å². The molecule has 0 saturated heterocycles. The van der Waals surface area contributed by atoms with Crippen LogP contribution in [0.4, 0.5) is 0 Å². The van der Waals surface area contributed by atoms with Gasteiger partial charge < -0.3 is 10.4 Å². The minimum atomic E-state index is -3.26. The van der Waals surface area contributed by atoms with E-state index in [-0.39, 0.29) is 6.04 Å². The van der Waals surface area contributed by atoms with E-state index in [0.29, 0.717) is 11.4 Å². The first-order valence-electron chi connectivity index (χ1n) is 7.55. The van der Waals surface area contributed by atoms with Crippen molar-refractivity contribution in [2.24, 2.45) is 0 Å². The quantitative estimate of drug-likeness (QED) is 0.852. The Balaban J connectivity index is 2.42. The van der Waals surface area contributed by atoms with Crippen molar-refractivity contribution in [2.75, 3.05) is 12.8 Å². The van der Waals surface area contributed by atoms with Crippen molar-refractivity contribution >= 4 is 9.84 Å². The number of rotatable bonds is 6. The number of aliphatic hydroxyl groups is 1. The van der Waals surface area contributed by atoms with Crippen LogP contribution in [0.1, 0.15) is 29.7 Å². The Bertz CT molecular complexity index is 752. The van der Waals surface area contributed by atoms with Gasteiger partial charge in [0.15, 0.2) is 9.84 Å². The van der Waals surface area contributed by atoms with Gasteiger partial charge in [0.25, 0.3) is 0 Å². The Morgan fingerprint density at radius 3 is 2.30 bits per heavy atom. The zero-order chi connectivity index (χ0) is 17.0. The van der Waals surface area contributed by atoms with Crippen molar-refractivity contribution in [3.63, 3.8) is 0 Å². The zero-order valence-electron chi connectivity index (χ0n) is 13.7. The van der Waals surface area contributed by atoms with E-state index in [1.165, 1.54) is 6.26 Å². The Hall–Kier alpha value is -1.69. The maximum atomic E-state index is 11.8. The van der Waals surface area contributed by atoms with Gasteiger partial charge >= 0.3 is 0 Å². The highest BCUT2D eigenvalue weighted by atomic mass is 32.2. The Kier molecular flexibility index (Phi) is 5.57. The number of aryl methyl sites for hydroxylation is 1. The molecule has 0 aliphatic heterocycles. The van der Waals surface area contributed by atoms with Crippen molar-refractivity contribution in [3.8, 4) is 0 Å². The average molecular weight is 333 g/mol. The van der Waals surface area contributed by atoms with Crippen LogP contribution in [0.3, 0.4) is 0 Å². The second kappa shape index (κ2) is 7.25. The number of sulfone groups is 1. The van der Waals surface area contributed by atoms with Gasteiger partial charge in [-0.25, -0.2) is 8.42 Å².